The van der Waals surface area contributed by atoms with Crippen LogP contribution in [0.25, 0.3) is 0 Å². The van der Waals surface area contributed by atoms with E-state index in [1.807, 2.05) is 19.0 Å². The number of carboxylic acids is 1. The van der Waals surface area contributed by atoms with E-state index < -0.39 is 5.97 Å². The van der Waals surface area contributed by atoms with E-state index in [0.29, 0.717) is 6.54 Å². The van der Waals surface area contributed by atoms with Crippen molar-refractivity contribution in [3.8, 4) is 0 Å². The molecule has 2 heterocycles. The van der Waals surface area contributed by atoms with E-state index in [-0.39, 0.29) is 23.3 Å². The molecule has 0 bridgehead atoms. The summed E-state index contributed by atoms with van der Waals surface area (Å²) in [5.41, 5.74) is -0.140. The third kappa shape index (κ3) is 2.76. The van der Waals surface area contributed by atoms with Crippen molar-refractivity contribution in [2.24, 2.45) is 0 Å². The number of likely N-dealkylation sites (N-methyl/N-ethyl adjacent to an activating group) is 1. The Balaban J connectivity index is 2.18. The fraction of sp³-hybridized carbons (Fsp3) is 0.583. The number of H-pyrrole nitrogens is 1. The smallest absolute Gasteiger partial charge is 0.354 e. The largest absolute Gasteiger partial charge is 0.477 e. The molecule has 19 heavy (non-hydrogen) atoms. The highest BCUT2D eigenvalue weighted by Crippen LogP contribution is 2.21. The molecular weight excluding hydrogens is 248 g/mol. The molecule has 1 unspecified atom stereocenters. The Morgan fingerprint density at radius 1 is 1.58 bits per heavy atom. The van der Waals surface area contributed by atoms with Crippen molar-refractivity contribution in [2.45, 2.75) is 18.9 Å². The number of carbonyl (C=O) groups excluding carboxylic acids is 1. The normalized spacial score (nSPS) is 19.1. The lowest BCUT2D eigenvalue weighted by Crippen LogP contribution is -2.41. The van der Waals surface area contributed by atoms with Gasteiger partial charge in [0, 0.05) is 19.1 Å². The summed E-state index contributed by atoms with van der Waals surface area (Å²) in [4.78, 5) is 33.5. The van der Waals surface area contributed by atoms with Crippen LogP contribution < -0.4 is 0 Å². The van der Waals surface area contributed by atoms with E-state index in [0.717, 1.165) is 19.4 Å². The van der Waals surface area contributed by atoms with Gasteiger partial charge in [0.1, 0.15) is 0 Å². The monoisotopic (exact) mass is 266 g/mol. The first kappa shape index (κ1) is 13.5. The Hall–Kier alpha value is -1.89. The fourth-order valence-electron chi connectivity index (χ4n) is 2.47. The number of rotatable bonds is 4. The standard InChI is InChI=1S/C12H18N4O3/c1-15(2)6-8-4-3-5-16(8)11(17)9-10(12(18)19)14-7-13-9/h7-8H,3-6H2,1-2H3,(H,13,14)(H,18,19). The Morgan fingerprint density at radius 2 is 2.32 bits per heavy atom. The number of carbonyl (C=O) groups is 2. The van der Waals surface area contributed by atoms with Crippen LogP contribution in [0.3, 0.4) is 0 Å². The molecule has 1 amide bonds. The molecule has 0 radical (unpaired) electrons. The quantitative estimate of drug-likeness (QED) is 0.816. The van der Waals surface area contributed by atoms with Crippen LogP contribution in [0.4, 0.5) is 0 Å². The van der Waals surface area contributed by atoms with Crippen LogP contribution in [-0.2, 0) is 0 Å². The van der Waals surface area contributed by atoms with Crippen molar-refractivity contribution in [3.05, 3.63) is 17.7 Å². The second kappa shape index (κ2) is 5.40. The number of aromatic amines is 1. The van der Waals surface area contributed by atoms with Gasteiger partial charge in [-0.15, -0.1) is 0 Å². The molecule has 0 saturated carbocycles. The number of aromatic carboxylic acids is 1. The summed E-state index contributed by atoms with van der Waals surface area (Å²) in [5, 5.41) is 9.01. The second-order valence-corrected chi connectivity index (χ2v) is 4.99. The minimum Gasteiger partial charge on any atom is -0.477 e. The zero-order valence-corrected chi connectivity index (χ0v) is 11.1. The van der Waals surface area contributed by atoms with Crippen LogP contribution in [0, 0.1) is 0 Å². The average molecular weight is 266 g/mol. The molecular formula is C12H18N4O3. The molecule has 0 spiro atoms. The maximum Gasteiger partial charge on any atom is 0.354 e. The van der Waals surface area contributed by atoms with Gasteiger partial charge < -0.3 is 19.9 Å². The van der Waals surface area contributed by atoms with Crippen molar-refractivity contribution < 1.29 is 14.7 Å². The van der Waals surface area contributed by atoms with E-state index >= 15 is 0 Å². The molecule has 1 fully saturated rings. The maximum absolute atomic E-state index is 12.4. The van der Waals surface area contributed by atoms with Gasteiger partial charge in [0.2, 0.25) is 0 Å². The van der Waals surface area contributed by atoms with Crippen LogP contribution in [-0.4, -0.2) is 70.0 Å². The molecule has 7 heteroatoms. The zero-order valence-electron chi connectivity index (χ0n) is 11.1. The van der Waals surface area contributed by atoms with Gasteiger partial charge in [-0.3, -0.25) is 4.79 Å². The van der Waals surface area contributed by atoms with Crippen molar-refractivity contribution in [1.29, 1.82) is 0 Å². The van der Waals surface area contributed by atoms with Crippen LogP contribution >= 0.6 is 0 Å². The van der Waals surface area contributed by atoms with Gasteiger partial charge in [-0.1, -0.05) is 0 Å². The Labute approximate surface area is 111 Å². The van der Waals surface area contributed by atoms with Crippen molar-refractivity contribution >= 4 is 11.9 Å². The van der Waals surface area contributed by atoms with Crippen LogP contribution in [0.2, 0.25) is 0 Å². The van der Waals surface area contributed by atoms with E-state index in [4.69, 9.17) is 5.11 Å². The zero-order chi connectivity index (χ0) is 14.0. The summed E-state index contributed by atoms with van der Waals surface area (Å²) in [6.45, 7) is 1.43. The minimum atomic E-state index is -1.16. The molecule has 0 aromatic carbocycles. The third-order valence-electron chi connectivity index (χ3n) is 3.27. The molecule has 0 aliphatic carbocycles. The molecule has 1 saturated heterocycles. The maximum atomic E-state index is 12.4. The molecule has 7 nitrogen and oxygen atoms in total. The predicted octanol–water partition coefficient (Wildman–Crippen LogP) is 0.274. The number of amides is 1. The first-order chi connectivity index (χ1) is 9.00. The summed E-state index contributed by atoms with van der Waals surface area (Å²) in [7, 11) is 3.91. The molecule has 1 aromatic heterocycles. The van der Waals surface area contributed by atoms with E-state index in [1.165, 1.54) is 6.33 Å². The number of likely N-dealkylation sites (tertiary alicyclic amines) is 1. The molecule has 1 aliphatic rings. The summed E-state index contributed by atoms with van der Waals surface area (Å²) in [5.74, 6) is -1.47. The van der Waals surface area contributed by atoms with Crippen LogP contribution in [0.1, 0.15) is 33.8 Å². The number of carboxylic acid groups (broad SMARTS) is 1. The van der Waals surface area contributed by atoms with E-state index in [9.17, 15) is 9.59 Å². The van der Waals surface area contributed by atoms with Gasteiger partial charge in [-0.05, 0) is 26.9 Å². The van der Waals surface area contributed by atoms with Gasteiger partial charge in [0.15, 0.2) is 11.4 Å². The molecule has 1 atom stereocenters. The summed E-state index contributed by atoms with van der Waals surface area (Å²) in [6, 6.07) is 0.126. The van der Waals surface area contributed by atoms with Gasteiger partial charge >= 0.3 is 5.97 Å². The molecule has 2 N–H and O–H groups in total. The number of hydrogen-bond acceptors (Lipinski definition) is 4. The highest BCUT2D eigenvalue weighted by Gasteiger charge is 2.32. The first-order valence-electron chi connectivity index (χ1n) is 6.23. The first-order valence-corrected chi connectivity index (χ1v) is 6.23. The van der Waals surface area contributed by atoms with Gasteiger partial charge in [-0.25, -0.2) is 9.78 Å². The lowest BCUT2D eigenvalue weighted by atomic mass is 10.2. The van der Waals surface area contributed by atoms with Crippen molar-refractivity contribution in [3.63, 3.8) is 0 Å². The lowest BCUT2D eigenvalue weighted by molar-refractivity contribution is 0.0656. The Morgan fingerprint density at radius 3 is 2.95 bits per heavy atom. The fourth-order valence-corrected chi connectivity index (χ4v) is 2.47. The Kier molecular flexibility index (Phi) is 3.84. The molecule has 1 aromatic rings. The second-order valence-electron chi connectivity index (χ2n) is 4.99. The number of aromatic nitrogens is 2. The van der Waals surface area contributed by atoms with Crippen LogP contribution in [0.5, 0.6) is 0 Å². The van der Waals surface area contributed by atoms with Crippen molar-refractivity contribution in [2.75, 3.05) is 27.2 Å². The number of nitrogens with zero attached hydrogens (tertiary/aromatic N) is 3. The SMILES string of the molecule is CN(C)CC1CCCN1C(=O)c1nc[nH]c1C(=O)O. The predicted molar refractivity (Wildman–Crippen MR) is 68.2 cm³/mol. The molecule has 2 rings (SSSR count). The van der Waals surface area contributed by atoms with E-state index in [2.05, 4.69) is 9.97 Å². The molecule has 104 valence electrons. The van der Waals surface area contributed by atoms with Crippen LogP contribution in [0.15, 0.2) is 6.33 Å². The van der Waals surface area contributed by atoms with Gasteiger partial charge in [0.05, 0.1) is 6.33 Å². The lowest BCUT2D eigenvalue weighted by Gasteiger charge is -2.26. The average Bonchev–Trinajstić information content (AvgIpc) is 2.94. The van der Waals surface area contributed by atoms with E-state index in [1.54, 1.807) is 4.90 Å². The third-order valence-corrected chi connectivity index (χ3v) is 3.27. The highest BCUT2D eigenvalue weighted by atomic mass is 16.4. The minimum absolute atomic E-state index is 0.00171. The molecule has 1 aliphatic heterocycles. The summed E-state index contributed by atoms with van der Waals surface area (Å²) < 4.78 is 0. The van der Waals surface area contributed by atoms with Gasteiger partial charge in [0.25, 0.3) is 5.91 Å². The van der Waals surface area contributed by atoms with Gasteiger partial charge in [-0.2, -0.15) is 0 Å². The number of hydrogen-bond donors (Lipinski definition) is 2. The topological polar surface area (TPSA) is 89.5 Å². The summed E-state index contributed by atoms with van der Waals surface area (Å²) in [6.07, 6.45) is 3.13. The van der Waals surface area contributed by atoms with Crippen molar-refractivity contribution in [1.82, 2.24) is 19.8 Å². The highest BCUT2D eigenvalue weighted by molar-refractivity contribution is 6.02. The Bertz CT molecular complexity index is 483. The summed E-state index contributed by atoms with van der Waals surface area (Å²) >= 11 is 0. The number of nitrogens with one attached hydrogen (secondary N) is 1. The number of imidazole rings is 1.